The van der Waals surface area contributed by atoms with Gasteiger partial charge in [-0.3, -0.25) is 4.79 Å². The summed E-state index contributed by atoms with van der Waals surface area (Å²) in [5, 5.41) is 9.85. The van der Waals surface area contributed by atoms with Crippen molar-refractivity contribution < 1.29 is 41.5 Å². The zero-order valence-electron chi connectivity index (χ0n) is 17.6. The topological polar surface area (TPSA) is 103 Å². The number of para-hydroxylation sites is 1. The molecule has 1 unspecified atom stereocenters. The zero-order valence-corrected chi connectivity index (χ0v) is 17.6. The minimum absolute atomic E-state index is 0.0583. The van der Waals surface area contributed by atoms with Crippen molar-refractivity contribution in [1.29, 1.82) is 0 Å². The van der Waals surface area contributed by atoms with E-state index in [0.717, 1.165) is 6.07 Å². The second-order valence-corrected chi connectivity index (χ2v) is 7.73. The number of benzene rings is 2. The van der Waals surface area contributed by atoms with E-state index in [-0.39, 0.29) is 17.1 Å². The van der Waals surface area contributed by atoms with E-state index in [2.05, 4.69) is 0 Å². The number of nitrogens with zero attached hydrogens (tertiary/aromatic N) is 1. The molecule has 10 heteroatoms. The molecule has 3 rings (SSSR count). The van der Waals surface area contributed by atoms with Crippen molar-refractivity contribution in [3.05, 3.63) is 59.4 Å². The fraction of sp³-hybridized carbons (Fsp3) is 0.273. The molecule has 0 aliphatic rings. The quantitative estimate of drug-likeness (QED) is 0.558. The van der Waals surface area contributed by atoms with E-state index in [4.69, 9.17) is 14.9 Å². The molecule has 32 heavy (non-hydrogen) atoms. The lowest BCUT2D eigenvalue weighted by molar-refractivity contribution is -0.825. The first-order valence-corrected chi connectivity index (χ1v) is 9.54. The van der Waals surface area contributed by atoms with Crippen LogP contribution in [-0.2, 0) is 11.0 Å². The highest BCUT2D eigenvalue weighted by atomic mass is 19.4. The smallest absolute Gasteiger partial charge is 0.419 e. The number of aliphatic hydroxyl groups is 1. The molecule has 1 heterocycles. The summed E-state index contributed by atoms with van der Waals surface area (Å²) in [6, 6.07) is 7.86. The molecule has 2 aromatic carbocycles. The van der Waals surface area contributed by atoms with Gasteiger partial charge in [0.05, 0.1) is 19.7 Å². The van der Waals surface area contributed by atoms with Gasteiger partial charge in [-0.2, -0.15) is 13.2 Å². The van der Waals surface area contributed by atoms with Gasteiger partial charge in [-0.1, -0.05) is 12.1 Å². The van der Waals surface area contributed by atoms with E-state index >= 15 is 0 Å². The summed E-state index contributed by atoms with van der Waals surface area (Å²) in [6.07, 6.45) is -4.61. The summed E-state index contributed by atoms with van der Waals surface area (Å²) >= 11 is 0. The van der Waals surface area contributed by atoms with E-state index in [1.165, 1.54) is 50.5 Å². The molecule has 0 saturated carbocycles. The van der Waals surface area contributed by atoms with Gasteiger partial charge in [0, 0.05) is 5.39 Å². The highest BCUT2D eigenvalue weighted by Crippen LogP contribution is 2.39. The highest BCUT2D eigenvalue weighted by molar-refractivity contribution is 6.05. The number of amides is 2. The molecule has 0 fully saturated rings. The third-order valence-corrected chi connectivity index (χ3v) is 5.27. The van der Waals surface area contributed by atoms with Gasteiger partial charge in [-0.15, -0.1) is 0 Å². The number of aliphatic hydroxyl groups excluding tert-OH is 1. The number of halogens is 3. The summed E-state index contributed by atoms with van der Waals surface area (Å²) in [5.41, 5.74) is 4.81. The Balaban J connectivity index is 2.07. The Morgan fingerprint density at radius 3 is 2.44 bits per heavy atom. The Bertz CT molecular complexity index is 1180. The number of quaternary nitrogens is 1. The predicted octanol–water partition coefficient (Wildman–Crippen LogP) is 3.62. The van der Waals surface area contributed by atoms with Gasteiger partial charge in [0.15, 0.2) is 6.04 Å². The maximum Gasteiger partial charge on any atom is 0.419 e. The Labute approximate surface area is 181 Å². The lowest BCUT2D eigenvalue weighted by Crippen LogP contribution is -2.60. The molecule has 1 aromatic heterocycles. The van der Waals surface area contributed by atoms with Crippen molar-refractivity contribution in [3.8, 4) is 11.5 Å². The van der Waals surface area contributed by atoms with Crippen LogP contribution in [0.5, 0.6) is 11.5 Å². The minimum Gasteiger partial charge on any atom is -0.460 e. The molecule has 3 aromatic rings. The second-order valence-electron chi connectivity index (χ2n) is 7.73. The Morgan fingerprint density at radius 2 is 1.84 bits per heavy atom. The van der Waals surface area contributed by atoms with Gasteiger partial charge in [0.1, 0.15) is 35.0 Å². The number of hydrogen-bond donors (Lipinski definition) is 2. The van der Waals surface area contributed by atoms with Crippen LogP contribution in [0.2, 0.25) is 0 Å². The van der Waals surface area contributed by atoms with Crippen molar-refractivity contribution in [2.24, 2.45) is 5.73 Å². The second kappa shape index (κ2) is 8.29. The average Bonchev–Trinajstić information content (AvgIpc) is 3.01. The van der Waals surface area contributed by atoms with Gasteiger partial charge < -0.3 is 20.0 Å². The number of likely N-dealkylation sites (N-methyl/N-ethyl adjacent to an activating group) is 1. The van der Waals surface area contributed by atoms with Crippen LogP contribution in [0.4, 0.5) is 13.2 Å². The van der Waals surface area contributed by atoms with Crippen molar-refractivity contribution >= 4 is 22.8 Å². The molecular formula is C22H22F3N2O5+. The van der Waals surface area contributed by atoms with Crippen LogP contribution in [0, 0.1) is 6.92 Å². The Kier molecular flexibility index (Phi) is 6.03. The average molecular weight is 451 g/mol. The van der Waals surface area contributed by atoms with Crippen molar-refractivity contribution in [3.63, 3.8) is 0 Å². The molecule has 0 radical (unpaired) electrons. The lowest BCUT2D eigenvalue weighted by Gasteiger charge is -2.32. The van der Waals surface area contributed by atoms with Crippen LogP contribution < -0.4 is 10.5 Å². The minimum atomic E-state index is -4.61. The van der Waals surface area contributed by atoms with Crippen molar-refractivity contribution in [1.82, 2.24) is 0 Å². The standard InChI is InChI=1S/C22H21F3N2O5/c1-12-19(21(30)27(2,3)16(11-28)20(26)29)14-10-13(8-9-17(14)31-12)32-18-7-5-4-6-15(18)22(23,24)25/h4-10,16,28H,11H2,1-3H3,(H-,26,29)/p+1. The third kappa shape index (κ3) is 4.19. The number of aryl methyl sites for hydroxylation is 1. The van der Waals surface area contributed by atoms with Crippen LogP contribution >= 0.6 is 0 Å². The Morgan fingerprint density at radius 1 is 1.19 bits per heavy atom. The molecule has 170 valence electrons. The fourth-order valence-corrected chi connectivity index (χ4v) is 3.49. The molecule has 2 amide bonds. The fourth-order valence-electron chi connectivity index (χ4n) is 3.49. The number of carbonyl (C=O) groups is 2. The van der Waals surface area contributed by atoms with Crippen LogP contribution in [0.1, 0.15) is 21.7 Å². The van der Waals surface area contributed by atoms with Crippen LogP contribution in [0.25, 0.3) is 11.0 Å². The summed E-state index contributed by atoms with van der Waals surface area (Å²) in [6.45, 7) is 0.899. The van der Waals surface area contributed by atoms with Gasteiger partial charge in [-0.25, -0.2) is 9.28 Å². The summed E-state index contributed by atoms with van der Waals surface area (Å²) in [5.74, 6) is -1.51. The molecule has 1 atom stereocenters. The first kappa shape index (κ1) is 23.3. The number of rotatable bonds is 6. The summed E-state index contributed by atoms with van der Waals surface area (Å²) in [4.78, 5) is 25.1. The van der Waals surface area contributed by atoms with E-state index in [1.54, 1.807) is 6.92 Å². The van der Waals surface area contributed by atoms with Crippen LogP contribution in [0.15, 0.2) is 46.9 Å². The Hall–Kier alpha value is -3.37. The zero-order chi connectivity index (χ0) is 23.8. The summed E-state index contributed by atoms with van der Waals surface area (Å²) < 4.78 is 50.4. The number of furan rings is 1. The molecule has 0 aliphatic heterocycles. The molecule has 0 saturated heterocycles. The first-order valence-electron chi connectivity index (χ1n) is 9.54. The molecule has 0 bridgehead atoms. The van der Waals surface area contributed by atoms with Crippen molar-refractivity contribution in [2.45, 2.75) is 19.1 Å². The number of alkyl halides is 3. The van der Waals surface area contributed by atoms with E-state index in [1.807, 2.05) is 0 Å². The maximum atomic E-state index is 13.3. The monoisotopic (exact) mass is 451 g/mol. The number of carbonyl (C=O) groups excluding carboxylic acids is 2. The van der Waals surface area contributed by atoms with E-state index < -0.39 is 46.4 Å². The third-order valence-electron chi connectivity index (χ3n) is 5.27. The lowest BCUT2D eigenvalue weighted by atomic mass is 10.1. The van der Waals surface area contributed by atoms with E-state index in [0.29, 0.717) is 11.0 Å². The number of nitrogens with two attached hydrogens (primary N) is 1. The van der Waals surface area contributed by atoms with Crippen molar-refractivity contribution in [2.75, 3.05) is 20.7 Å². The number of hydrogen-bond acceptors (Lipinski definition) is 5. The van der Waals surface area contributed by atoms with Crippen LogP contribution in [0.3, 0.4) is 0 Å². The molecule has 3 N–H and O–H groups in total. The number of primary amides is 1. The predicted molar refractivity (Wildman–Crippen MR) is 109 cm³/mol. The van der Waals surface area contributed by atoms with Gasteiger partial charge >= 0.3 is 12.1 Å². The molecule has 7 nitrogen and oxygen atoms in total. The molecule has 0 aliphatic carbocycles. The number of fused-ring (bicyclic) bond motifs is 1. The van der Waals surface area contributed by atoms with Crippen LogP contribution in [-0.4, -0.2) is 48.1 Å². The van der Waals surface area contributed by atoms with Gasteiger partial charge in [0.25, 0.3) is 5.91 Å². The maximum absolute atomic E-state index is 13.3. The van der Waals surface area contributed by atoms with Gasteiger partial charge in [-0.05, 0) is 37.3 Å². The van der Waals surface area contributed by atoms with E-state index in [9.17, 15) is 27.9 Å². The highest BCUT2D eigenvalue weighted by Gasteiger charge is 2.42. The van der Waals surface area contributed by atoms with Gasteiger partial charge in [0.2, 0.25) is 0 Å². The first-order chi connectivity index (χ1) is 14.9. The normalized spacial score (nSPS) is 13.2. The SMILES string of the molecule is Cc1oc2ccc(Oc3ccccc3C(F)(F)F)cc2c1C(=O)[N+](C)(C)C(CO)C(N)=O. The summed E-state index contributed by atoms with van der Waals surface area (Å²) in [7, 11) is 2.85. The molecule has 0 spiro atoms. The molecular weight excluding hydrogens is 429 g/mol. The largest absolute Gasteiger partial charge is 0.460 e. The number of ether oxygens (including phenoxy) is 1.